The summed E-state index contributed by atoms with van der Waals surface area (Å²) in [5.74, 6) is 0.573. The molecule has 0 spiro atoms. The lowest BCUT2D eigenvalue weighted by molar-refractivity contribution is 0.801. The second-order valence-electron chi connectivity index (χ2n) is 3.45. The fourth-order valence-corrected chi connectivity index (χ4v) is 2.30. The van der Waals surface area contributed by atoms with Gasteiger partial charge < -0.3 is 0 Å². The van der Waals surface area contributed by atoms with Crippen LogP contribution in [-0.2, 0) is 0 Å². The minimum atomic E-state index is 0.523. The van der Waals surface area contributed by atoms with Crippen LogP contribution in [0, 0.1) is 0 Å². The van der Waals surface area contributed by atoms with Gasteiger partial charge in [0.25, 0.3) is 0 Å². The molecule has 0 aliphatic carbocycles. The lowest BCUT2D eigenvalue weighted by Crippen LogP contribution is -2.00. The molecule has 0 aliphatic heterocycles. The number of pyridine rings is 1. The van der Waals surface area contributed by atoms with Crippen LogP contribution in [0.3, 0.4) is 0 Å². The molecule has 0 fully saturated rings. The van der Waals surface area contributed by atoms with E-state index in [4.69, 9.17) is 11.6 Å². The van der Waals surface area contributed by atoms with E-state index in [0.29, 0.717) is 10.8 Å². The molecule has 2 heterocycles. The highest BCUT2D eigenvalue weighted by Gasteiger charge is 2.10. The van der Waals surface area contributed by atoms with E-state index >= 15 is 0 Å². The lowest BCUT2D eigenvalue weighted by atomic mass is 10.3. The van der Waals surface area contributed by atoms with E-state index in [0.717, 1.165) is 15.5 Å². The molecule has 0 radical (unpaired) electrons. The van der Waals surface area contributed by atoms with Gasteiger partial charge in [-0.1, -0.05) is 28.9 Å². The molecule has 1 aromatic carbocycles. The van der Waals surface area contributed by atoms with E-state index in [-0.39, 0.29) is 0 Å². The van der Waals surface area contributed by atoms with Gasteiger partial charge >= 0.3 is 0 Å². The molecular formula is C11H6BrClN4. The van der Waals surface area contributed by atoms with Gasteiger partial charge in [0.15, 0.2) is 5.82 Å². The first-order valence-electron chi connectivity index (χ1n) is 4.87. The Morgan fingerprint density at radius 2 is 2.06 bits per heavy atom. The summed E-state index contributed by atoms with van der Waals surface area (Å²) in [5, 5.41) is 8.64. The average molecular weight is 310 g/mol. The average Bonchev–Trinajstić information content (AvgIpc) is 2.73. The van der Waals surface area contributed by atoms with Crippen LogP contribution in [0.25, 0.3) is 16.9 Å². The lowest BCUT2D eigenvalue weighted by Gasteiger charge is -2.03. The number of aromatic nitrogens is 4. The summed E-state index contributed by atoms with van der Waals surface area (Å²) in [7, 11) is 0. The Kier molecular flexibility index (Phi) is 2.57. The molecule has 6 heteroatoms. The minimum Gasteiger partial charge on any atom is -0.235 e. The molecule has 0 amide bonds. The Bertz CT molecular complexity index is 695. The van der Waals surface area contributed by atoms with Crippen LogP contribution in [0.1, 0.15) is 0 Å². The smallest absolute Gasteiger partial charge is 0.174 e. The summed E-state index contributed by atoms with van der Waals surface area (Å²) in [6.07, 6.45) is 1.68. The minimum absolute atomic E-state index is 0.523. The second kappa shape index (κ2) is 4.09. The standard InChI is InChI=1S/C11H6BrClN4/c12-7-5-8(13)11(14-6-7)17-10-4-2-1-3-9(10)15-16-17/h1-6H. The van der Waals surface area contributed by atoms with Crippen LogP contribution in [0.15, 0.2) is 41.0 Å². The van der Waals surface area contributed by atoms with Gasteiger partial charge in [-0.2, -0.15) is 4.68 Å². The summed E-state index contributed by atoms with van der Waals surface area (Å²) in [5.41, 5.74) is 1.69. The largest absolute Gasteiger partial charge is 0.235 e. The Hall–Kier alpha value is -1.46. The van der Waals surface area contributed by atoms with Gasteiger partial charge in [-0.15, -0.1) is 5.10 Å². The summed E-state index contributed by atoms with van der Waals surface area (Å²) in [6, 6.07) is 9.44. The van der Waals surface area contributed by atoms with Gasteiger partial charge in [0.05, 0.1) is 10.5 Å². The van der Waals surface area contributed by atoms with Gasteiger partial charge in [-0.25, -0.2) is 4.98 Å². The summed E-state index contributed by atoms with van der Waals surface area (Å²) < 4.78 is 2.46. The zero-order valence-corrected chi connectivity index (χ0v) is 10.9. The monoisotopic (exact) mass is 308 g/mol. The van der Waals surface area contributed by atoms with Crippen molar-refractivity contribution in [1.82, 2.24) is 20.0 Å². The summed E-state index contributed by atoms with van der Waals surface area (Å²) in [4.78, 5) is 4.25. The van der Waals surface area contributed by atoms with E-state index in [1.54, 1.807) is 16.9 Å². The molecule has 84 valence electrons. The molecule has 17 heavy (non-hydrogen) atoms. The number of benzene rings is 1. The fourth-order valence-electron chi connectivity index (χ4n) is 1.59. The van der Waals surface area contributed by atoms with Crippen molar-refractivity contribution < 1.29 is 0 Å². The first kappa shape index (κ1) is 10.7. The van der Waals surface area contributed by atoms with Gasteiger partial charge in [-0.05, 0) is 34.1 Å². The number of para-hydroxylation sites is 1. The topological polar surface area (TPSA) is 43.6 Å². The van der Waals surface area contributed by atoms with Crippen molar-refractivity contribution in [2.75, 3.05) is 0 Å². The Balaban J connectivity index is 2.27. The predicted molar refractivity (Wildman–Crippen MR) is 69.4 cm³/mol. The Morgan fingerprint density at radius 1 is 1.24 bits per heavy atom. The highest BCUT2D eigenvalue weighted by atomic mass is 79.9. The van der Waals surface area contributed by atoms with E-state index in [1.165, 1.54) is 0 Å². The molecule has 0 saturated carbocycles. The summed E-state index contributed by atoms with van der Waals surface area (Å²) in [6.45, 7) is 0. The maximum Gasteiger partial charge on any atom is 0.174 e. The van der Waals surface area contributed by atoms with Gasteiger partial charge in [0, 0.05) is 10.7 Å². The molecule has 0 N–H and O–H groups in total. The predicted octanol–water partition coefficient (Wildman–Crippen LogP) is 3.23. The number of halogens is 2. The molecule has 2 aromatic heterocycles. The molecule has 0 atom stereocenters. The highest BCUT2D eigenvalue weighted by molar-refractivity contribution is 9.10. The maximum atomic E-state index is 6.14. The van der Waals surface area contributed by atoms with Gasteiger partial charge in [-0.3, -0.25) is 0 Å². The van der Waals surface area contributed by atoms with Crippen LogP contribution in [0.5, 0.6) is 0 Å². The van der Waals surface area contributed by atoms with Crippen LogP contribution in [0.2, 0.25) is 5.02 Å². The quantitative estimate of drug-likeness (QED) is 0.693. The number of hydrogen-bond acceptors (Lipinski definition) is 3. The Morgan fingerprint density at radius 3 is 2.88 bits per heavy atom. The van der Waals surface area contributed by atoms with Gasteiger partial charge in [0.1, 0.15) is 5.52 Å². The Labute approximate surface area is 110 Å². The van der Waals surface area contributed by atoms with Crippen LogP contribution < -0.4 is 0 Å². The fraction of sp³-hybridized carbons (Fsp3) is 0. The van der Waals surface area contributed by atoms with Crippen LogP contribution >= 0.6 is 27.5 Å². The third-order valence-corrected chi connectivity index (χ3v) is 3.05. The number of hydrogen-bond donors (Lipinski definition) is 0. The molecule has 0 unspecified atom stereocenters. The third-order valence-electron chi connectivity index (χ3n) is 2.34. The SMILES string of the molecule is Clc1cc(Br)cnc1-n1nnc2ccccc21. The van der Waals surface area contributed by atoms with Crippen molar-refractivity contribution in [2.24, 2.45) is 0 Å². The highest BCUT2D eigenvalue weighted by Crippen LogP contribution is 2.23. The van der Waals surface area contributed by atoms with Crippen LogP contribution in [-0.4, -0.2) is 20.0 Å². The molecule has 4 nitrogen and oxygen atoms in total. The first-order chi connectivity index (χ1) is 8.25. The van der Waals surface area contributed by atoms with Crippen molar-refractivity contribution >= 4 is 38.6 Å². The first-order valence-corrected chi connectivity index (χ1v) is 6.04. The van der Waals surface area contributed by atoms with E-state index in [9.17, 15) is 0 Å². The molecular weight excluding hydrogens is 304 g/mol. The van der Waals surface area contributed by atoms with E-state index in [2.05, 4.69) is 31.2 Å². The van der Waals surface area contributed by atoms with Gasteiger partial charge in [0.2, 0.25) is 0 Å². The van der Waals surface area contributed by atoms with Crippen molar-refractivity contribution in [3.8, 4) is 5.82 Å². The molecule has 0 bridgehead atoms. The number of rotatable bonds is 1. The number of nitrogens with zero attached hydrogens (tertiary/aromatic N) is 4. The molecule has 0 saturated heterocycles. The maximum absolute atomic E-state index is 6.14. The van der Waals surface area contributed by atoms with Crippen molar-refractivity contribution in [2.45, 2.75) is 0 Å². The second-order valence-corrected chi connectivity index (χ2v) is 4.77. The molecule has 3 rings (SSSR count). The normalized spacial score (nSPS) is 10.9. The van der Waals surface area contributed by atoms with E-state index in [1.807, 2.05) is 24.3 Å². The van der Waals surface area contributed by atoms with Crippen molar-refractivity contribution in [3.05, 3.63) is 46.0 Å². The third kappa shape index (κ3) is 1.81. The van der Waals surface area contributed by atoms with E-state index < -0.39 is 0 Å². The molecule has 3 aromatic rings. The van der Waals surface area contributed by atoms with Crippen molar-refractivity contribution in [3.63, 3.8) is 0 Å². The molecule has 0 aliphatic rings. The zero-order chi connectivity index (χ0) is 11.8. The summed E-state index contributed by atoms with van der Waals surface area (Å²) >= 11 is 9.46. The van der Waals surface area contributed by atoms with Crippen molar-refractivity contribution in [1.29, 1.82) is 0 Å². The zero-order valence-electron chi connectivity index (χ0n) is 8.51. The van der Waals surface area contributed by atoms with Crippen LogP contribution in [0.4, 0.5) is 0 Å². The number of fused-ring (bicyclic) bond motifs is 1.